The third-order valence-corrected chi connectivity index (χ3v) is 9.30. The van der Waals surface area contributed by atoms with Crippen LogP contribution in [0.15, 0.2) is 48.6 Å². The van der Waals surface area contributed by atoms with Gasteiger partial charge in [-0.1, -0.05) is 26.3 Å². The molecule has 0 aliphatic heterocycles. The van der Waals surface area contributed by atoms with E-state index in [2.05, 4.69) is 26.3 Å². The minimum atomic E-state index is -3.78. The van der Waals surface area contributed by atoms with Crippen LogP contribution < -0.4 is 20.4 Å². The molecule has 0 radical (unpaired) electrons. The van der Waals surface area contributed by atoms with Gasteiger partial charge < -0.3 is 121 Å². The van der Waals surface area contributed by atoms with Crippen LogP contribution in [0.25, 0.3) is 0 Å². The Morgan fingerprint density at radius 2 is 0.312 bits per heavy atom. The normalized spacial score (nSPS) is 10.6. The topological polar surface area (TPSA) is 757 Å². The van der Waals surface area contributed by atoms with E-state index < -0.39 is 187 Å². The van der Waals surface area contributed by atoms with Crippen LogP contribution in [-0.2, 0) is 122 Å². The summed E-state index contributed by atoms with van der Waals surface area (Å²) in [4.78, 5) is 216. The van der Waals surface area contributed by atoms with Crippen molar-refractivity contribution in [2.75, 3.05) is 0 Å². The number of carboxylic acids is 20. The summed E-state index contributed by atoms with van der Waals surface area (Å²) in [6.45, 7) is 10.4. The second-order valence-corrected chi connectivity index (χ2v) is 13.2. The average molecular weight is 1280 g/mol. The van der Waals surface area contributed by atoms with Crippen LogP contribution in [-0.4, -0.2) is 201 Å². The van der Waals surface area contributed by atoms with Crippen LogP contribution in [0.5, 0.6) is 0 Å². The van der Waals surface area contributed by atoms with Gasteiger partial charge in [0.25, 0.3) is 0 Å². The summed E-state index contributed by atoms with van der Waals surface area (Å²) < 4.78 is 0. The first kappa shape index (κ1) is 75.2. The van der Waals surface area contributed by atoms with Gasteiger partial charge in [0.05, 0.1) is 23.9 Å². The molecule has 0 aromatic carbocycles. The van der Waals surface area contributed by atoms with Gasteiger partial charge in [-0.15, -0.1) is 0 Å². The summed E-state index contributed by atoms with van der Waals surface area (Å²) in [7, 11) is 0. The van der Waals surface area contributed by atoms with Gasteiger partial charge in [0.1, 0.15) is 0 Å². The first-order chi connectivity index (χ1) is 34.0. The number of rotatable bonds is 28. The van der Waals surface area contributed by atoms with Gasteiger partial charge in [0, 0.05) is 0 Å². The fourth-order valence-corrected chi connectivity index (χ4v) is 5.63. The van der Waals surface area contributed by atoms with Crippen molar-refractivity contribution in [3.05, 3.63) is 48.6 Å². The molecule has 0 atom stereocenters. The van der Waals surface area contributed by atoms with Crippen molar-refractivity contribution >= 4 is 119 Å². The molecule has 0 aliphatic rings. The van der Waals surface area contributed by atoms with Crippen LogP contribution in [0.4, 0.5) is 0 Å². The molecule has 77 heavy (non-hydrogen) atoms. The Hall–Kier alpha value is -10.8. The van der Waals surface area contributed by atoms with E-state index in [4.69, 9.17) is 81.7 Å². The molecule has 16 N–H and O–H groups in total. The Morgan fingerprint density at radius 3 is 0.351 bits per heavy atom. The summed E-state index contributed by atoms with van der Waals surface area (Å²) in [5.41, 5.74) is -21.9. The van der Waals surface area contributed by atoms with Crippen molar-refractivity contribution in [3.63, 3.8) is 0 Å². The number of carboxylic acid groups (broad SMARTS) is 20. The molecule has 40 nitrogen and oxygen atoms in total. The van der Waals surface area contributed by atoms with Gasteiger partial charge in [-0.2, -0.15) is 0 Å². The van der Waals surface area contributed by atoms with Crippen molar-refractivity contribution < 1.29 is 224 Å². The summed E-state index contributed by atoms with van der Waals surface area (Å²) in [6, 6.07) is 0. The quantitative estimate of drug-likeness (QED) is 0.0196. The zero-order chi connectivity index (χ0) is 62.2. The fraction of sp³-hybridized carbons (Fsp3) is 0.222. The molecule has 416 valence electrons. The number of hydrogen-bond donors (Lipinski definition) is 16. The first-order valence-electron chi connectivity index (χ1n) is 17.4. The molecule has 0 aromatic rings. The summed E-state index contributed by atoms with van der Waals surface area (Å²) in [5.74, 6) is -60.7. The minimum absolute atomic E-state index is 0. The standard InChI is InChI=1S/4C9H8O10.Hf/c4*1-2(4(10)11)9(7(16)17,8(18)19)3(5(12)13)6(14)15;/h4*3H,1H2,(H,10,11)(H,12,13)(H,14,15)(H,16,17)(H,18,19);/q;;;;+4/p-4. The molecule has 0 amide bonds. The Bertz CT molecular complexity index is 2200. The van der Waals surface area contributed by atoms with Crippen molar-refractivity contribution in [2.24, 2.45) is 45.3 Å². The maximum Gasteiger partial charge on any atom is 4.00 e. The van der Waals surface area contributed by atoms with Crippen molar-refractivity contribution in [2.45, 2.75) is 0 Å². The largest absolute Gasteiger partial charge is 4.00 e. The van der Waals surface area contributed by atoms with Gasteiger partial charge in [-0.3, -0.25) is 76.7 Å². The van der Waals surface area contributed by atoms with E-state index in [1.807, 2.05) is 0 Å². The van der Waals surface area contributed by atoms with Gasteiger partial charge in [0.2, 0.25) is 21.7 Å². The third kappa shape index (κ3) is 14.7. The predicted molar refractivity (Wildman–Crippen MR) is 202 cm³/mol. The number of carbonyl (C=O) groups excluding carboxylic acids is 4. The molecular formula is C36H28HfO40. The smallest absolute Gasteiger partial charge is 0.545 e. The van der Waals surface area contributed by atoms with E-state index in [-0.39, 0.29) is 25.8 Å². The second kappa shape index (κ2) is 28.5. The Balaban J connectivity index is -0.000000298. The molecule has 0 aliphatic carbocycles. The Kier molecular flexibility index (Phi) is 27.8. The fourth-order valence-electron chi connectivity index (χ4n) is 5.63. The average Bonchev–Trinajstić information content (AvgIpc) is 3.22. The minimum Gasteiger partial charge on any atom is -0.545 e. The van der Waals surface area contributed by atoms with Crippen LogP contribution in [0.2, 0.25) is 0 Å². The SMILES string of the molecule is C=C(C(=O)[O-])C(C(=O)O)(C(=O)O)C(C(=O)O)C(=O)O.C=C(C(=O)[O-])C(C(=O)O)(C(=O)O)C(C(=O)O)C(=O)O.C=C(C(=O)[O-])C(C(=O)O)(C(=O)O)C(C(=O)O)C(=O)O.C=C(C(=O)[O-])C(C(=O)O)(C(=O)O)C(C(=O)O)C(=O)O.[Hf+4]. The van der Waals surface area contributed by atoms with Crippen LogP contribution in [0.1, 0.15) is 0 Å². The Morgan fingerprint density at radius 1 is 0.234 bits per heavy atom. The van der Waals surface area contributed by atoms with Crippen molar-refractivity contribution in [1.29, 1.82) is 0 Å². The van der Waals surface area contributed by atoms with Gasteiger partial charge in [0.15, 0.2) is 23.7 Å². The summed E-state index contributed by atoms with van der Waals surface area (Å²) in [5, 5.41) is 182. The molecule has 0 saturated carbocycles. The first-order valence-corrected chi connectivity index (χ1v) is 17.4. The second-order valence-electron chi connectivity index (χ2n) is 13.2. The van der Waals surface area contributed by atoms with Crippen LogP contribution in [0, 0.1) is 45.3 Å². The van der Waals surface area contributed by atoms with E-state index in [1.165, 1.54) is 0 Å². The molecule has 0 rings (SSSR count). The van der Waals surface area contributed by atoms with Crippen LogP contribution >= 0.6 is 0 Å². The molecule has 0 fully saturated rings. The zero-order valence-corrected chi connectivity index (χ0v) is 40.2. The maximum absolute atomic E-state index is 11.0. The third-order valence-electron chi connectivity index (χ3n) is 9.30. The van der Waals surface area contributed by atoms with E-state index >= 15 is 0 Å². The van der Waals surface area contributed by atoms with E-state index in [0.717, 1.165) is 0 Å². The molecular weight excluding hydrogens is 1250 g/mol. The van der Waals surface area contributed by atoms with E-state index in [0.29, 0.717) is 0 Å². The monoisotopic (exact) mass is 1280 g/mol. The molecule has 0 aromatic heterocycles. The maximum atomic E-state index is 11.0. The number of aliphatic carboxylic acids is 20. The molecule has 0 saturated heterocycles. The van der Waals surface area contributed by atoms with Gasteiger partial charge in [-0.25, -0.2) is 0 Å². The van der Waals surface area contributed by atoms with E-state index in [1.54, 1.807) is 0 Å². The van der Waals surface area contributed by atoms with Gasteiger partial charge >= 0.3 is 121 Å². The number of carbonyl (C=O) groups is 20. The van der Waals surface area contributed by atoms with Crippen molar-refractivity contribution in [1.82, 2.24) is 0 Å². The van der Waals surface area contributed by atoms with Crippen molar-refractivity contribution in [3.8, 4) is 0 Å². The van der Waals surface area contributed by atoms with Gasteiger partial charge in [-0.05, 0) is 22.3 Å². The summed E-state index contributed by atoms with van der Waals surface area (Å²) >= 11 is 0. The Labute approximate surface area is 436 Å². The zero-order valence-electron chi connectivity index (χ0n) is 36.6. The predicted octanol–water partition coefficient (Wildman–Crippen LogP) is -11.1. The van der Waals surface area contributed by atoms with E-state index in [9.17, 15) is 116 Å². The van der Waals surface area contributed by atoms with Crippen LogP contribution in [0.3, 0.4) is 0 Å². The molecule has 0 unspecified atom stereocenters. The molecule has 0 bridgehead atoms. The molecule has 0 spiro atoms. The molecule has 0 heterocycles. The number of hydrogen-bond acceptors (Lipinski definition) is 24. The summed E-state index contributed by atoms with van der Waals surface area (Å²) in [6.07, 6.45) is 0. The molecule has 41 heteroatoms.